The molecule has 1 aromatic heterocycles. The lowest BCUT2D eigenvalue weighted by Gasteiger charge is -2.40. The number of hydrogen-bond donors (Lipinski definition) is 1. The van der Waals surface area contributed by atoms with Gasteiger partial charge in [-0.15, -0.1) is 0 Å². The third-order valence-electron chi connectivity index (χ3n) is 5.00. The Morgan fingerprint density at radius 2 is 1.31 bits per heavy atom. The van der Waals surface area contributed by atoms with Crippen LogP contribution in [0.4, 0.5) is 11.5 Å². The predicted octanol–water partition coefficient (Wildman–Crippen LogP) is 3.58. The van der Waals surface area contributed by atoms with Gasteiger partial charge >= 0.3 is 0 Å². The van der Waals surface area contributed by atoms with Crippen LogP contribution in [-0.2, 0) is 0 Å². The zero-order chi connectivity index (χ0) is 17.8. The van der Waals surface area contributed by atoms with Gasteiger partial charge in [0.25, 0.3) is 0 Å². The fourth-order valence-corrected chi connectivity index (χ4v) is 3.68. The summed E-state index contributed by atoms with van der Waals surface area (Å²) in [5.41, 5.74) is 9.16. The number of nitrogens with two attached hydrogens (primary N) is 1. The number of nitrogen functional groups attached to an aromatic ring is 1. The van der Waals surface area contributed by atoms with Gasteiger partial charge in [-0.25, -0.2) is 4.98 Å². The Balaban J connectivity index is 1.54. The van der Waals surface area contributed by atoms with Gasteiger partial charge in [-0.05, 0) is 23.3 Å². The molecule has 0 saturated carbocycles. The fourth-order valence-electron chi connectivity index (χ4n) is 3.68. The first-order valence-electron chi connectivity index (χ1n) is 9.12. The molecular formula is C22H24N4. The molecule has 0 aliphatic carbocycles. The van der Waals surface area contributed by atoms with E-state index in [1.165, 1.54) is 11.1 Å². The van der Waals surface area contributed by atoms with E-state index in [0.717, 1.165) is 32.0 Å². The van der Waals surface area contributed by atoms with Gasteiger partial charge in [0.05, 0.1) is 17.9 Å². The monoisotopic (exact) mass is 344 g/mol. The van der Waals surface area contributed by atoms with Gasteiger partial charge in [-0.2, -0.15) is 0 Å². The largest absolute Gasteiger partial charge is 0.397 e. The number of nitrogens with zero attached hydrogens (tertiary/aromatic N) is 3. The Morgan fingerprint density at radius 1 is 0.731 bits per heavy atom. The summed E-state index contributed by atoms with van der Waals surface area (Å²) in [7, 11) is 0. The summed E-state index contributed by atoms with van der Waals surface area (Å²) < 4.78 is 0. The van der Waals surface area contributed by atoms with Crippen LogP contribution >= 0.6 is 0 Å². The van der Waals surface area contributed by atoms with Crippen LogP contribution in [0.2, 0.25) is 0 Å². The number of anilines is 2. The van der Waals surface area contributed by atoms with Gasteiger partial charge in [0.2, 0.25) is 0 Å². The molecule has 1 fully saturated rings. The number of pyridine rings is 1. The smallest absolute Gasteiger partial charge is 0.128 e. The van der Waals surface area contributed by atoms with Gasteiger partial charge in [0.1, 0.15) is 5.82 Å². The summed E-state index contributed by atoms with van der Waals surface area (Å²) >= 11 is 0. The van der Waals surface area contributed by atoms with Crippen LogP contribution in [0.1, 0.15) is 17.2 Å². The molecule has 0 unspecified atom stereocenters. The van der Waals surface area contributed by atoms with Crippen molar-refractivity contribution >= 4 is 11.5 Å². The first-order chi connectivity index (χ1) is 12.8. The lowest BCUT2D eigenvalue weighted by Crippen LogP contribution is -2.48. The number of rotatable bonds is 4. The second kappa shape index (κ2) is 7.58. The van der Waals surface area contributed by atoms with E-state index < -0.39 is 0 Å². The van der Waals surface area contributed by atoms with Crippen molar-refractivity contribution in [3.63, 3.8) is 0 Å². The molecule has 0 bridgehead atoms. The molecule has 0 amide bonds. The highest BCUT2D eigenvalue weighted by molar-refractivity contribution is 5.46. The highest BCUT2D eigenvalue weighted by atomic mass is 15.3. The molecule has 0 radical (unpaired) electrons. The first-order valence-corrected chi connectivity index (χ1v) is 9.12. The van der Waals surface area contributed by atoms with Gasteiger partial charge in [0.15, 0.2) is 0 Å². The van der Waals surface area contributed by atoms with E-state index in [9.17, 15) is 0 Å². The summed E-state index contributed by atoms with van der Waals surface area (Å²) in [6.07, 6.45) is 1.73. The second-order valence-corrected chi connectivity index (χ2v) is 6.70. The Morgan fingerprint density at radius 3 is 1.81 bits per heavy atom. The van der Waals surface area contributed by atoms with Crippen molar-refractivity contribution in [2.45, 2.75) is 6.04 Å². The van der Waals surface area contributed by atoms with E-state index in [1.54, 1.807) is 6.20 Å². The molecule has 132 valence electrons. The van der Waals surface area contributed by atoms with E-state index in [2.05, 4.69) is 75.4 Å². The molecule has 2 aromatic carbocycles. The van der Waals surface area contributed by atoms with Crippen LogP contribution < -0.4 is 10.6 Å². The number of piperazine rings is 1. The molecule has 2 N–H and O–H groups in total. The summed E-state index contributed by atoms with van der Waals surface area (Å²) in [6, 6.07) is 25.8. The van der Waals surface area contributed by atoms with Crippen LogP contribution in [-0.4, -0.2) is 36.1 Å². The van der Waals surface area contributed by atoms with Crippen molar-refractivity contribution in [3.05, 3.63) is 90.1 Å². The molecule has 1 aliphatic rings. The molecule has 3 aromatic rings. The van der Waals surface area contributed by atoms with Crippen molar-refractivity contribution in [3.8, 4) is 0 Å². The predicted molar refractivity (Wildman–Crippen MR) is 107 cm³/mol. The molecule has 0 atom stereocenters. The molecule has 4 heteroatoms. The standard InChI is InChI=1S/C22H24N4/c23-20-11-12-21(24-17-20)25-13-15-26(16-14-25)22(18-7-3-1-4-8-18)19-9-5-2-6-10-19/h1-12,17,22H,13-16,23H2. The molecule has 26 heavy (non-hydrogen) atoms. The van der Waals surface area contributed by atoms with Crippen molar-refractivity contribution < 1.29 is 0 Å². The zero-order valence-electron chi connectivity index (χ0n) is 14.8. The number of benzene rings is 2. The summed E-state index contributed by atoms with van der Waals surface area (Å²) in [5, 5.41) is 0. The Labute approximate surface area is 154 Å². The van der Waals surface area contributed by atoms with Crippen LogP contribution in [0.5, 0.6) is 0 Å². The Bertz CT molecular complexity index is 770. The number of hydrogen-bond acceptors (Lipinski definition) is 4. The zero-order valence-corrected chi connectivity index (χ0v) is 14.8. The maximum absolute atomic E-state index is 5.76. The van der Waals surface area contributed by atoms with Gasteiger partial charge in [-0.3, -0.25) is 4.90 Å². The molecule has 4 rings (SSSR count). The second-order valence-electron chi connectivity index (χ2n) is 6.70. The topological polar surface area (TPSA) is 45.4 Å². The SMILES string of the molecule is Nc1ccc(N2CCN(C(c3ccccc3)c3ccccc3)CC2)nc1. The third-order valence-corrected chi connectivity index (χ3v) is 5.00. The fraction of sp³-hybridized carbons (Fsp3) is 0.227. The van der Waals surface area contributed by atoms with Gasteiger partial charge in [-0.1, -0.05) is 60.7 Å². The van der Waals surface area contributed by atoms with Gasteiger partial charge < -0.3 is 10.6 Å². The normalized spacial score (nSPS) is 15.3. The van der Waals surface area contributed by atoms with E-state index in [1.807, 2.05) is 12.1 Å². The number of aromatic nitrogens is 1. The highest BCUT2D eigenvalue weighted by Crippen LogP contribution is 2.30. The van der Waals surface area contributed by atoms with Gasteiger partial charge in [0, 0.05) is 26.2 Å². The highest BCUT2D eigenvalue weighted by Gasteiger charge is 2.26. The average molecular weight is 344 g/mol. The molecule has 1 aliphatic heterocycles. The quantitative estimate of drug-likeness (QED) is 0.786. The summed E-state index contributed by atoms with van der Waals surface area (Å²) in [6.45, 7) is 3.93. The first kappa shape index (κ1) is 16.6. The van der Waals surface area contributed by atoms with E-state index in [0.29, 0.717) is 11.7 Å². The summed E-state index contributed by atoms with van der Waals surface area (Å²) in [4.78, 5) is 9.37. The van der Waals surface area contributed by atoms with Crippen LogP contribution in [0, 0.1) is 0 Å². The Hall–Kier alpha value is -2.85. The maximum Gasteiger partial charge on any atom is 0.128 e. The molecular weight excluding hydrogens is 320 g/mol. The van der Waals surface area contributed by atoms with Crippen LogP contribution in [0.25, 0.3) is 0 Å². The minimum atomic E-state index is 0.291. The van der Waals surface area contributed by atoms with Crippen LogP contribution in [0.15, 0.2) is 79.0 Å². The molecule has 2 heterocycles. The van der Waals surface area contributed by atoms with E-state index in [4.69, 9.17) is 5.73 Å². The van der Waals surface area contributed by atoms with Crippen molar-refractivity contribution in [2.24, 2.45) is 0 Å². The minimum absolute atomic E-state index is 0.291. The lowest BCUT2D eigenvalue weighted by atomic mass is 9.96. The van der Waals surface area contributed by atoms with Crippen LogP contribution in [0.3, 0.4) is 0 Å². The van der Waals surface area contributed by atoms with Crippen molar-refractivity contribution in [2.75, 3.05) is 36.8 Å². The molecule has 4 nitrogen and oxygen atoms in total. The Kier molecular flexibility index (Phi) is 4.84. The average Bonchev–Trinajstić information content (AvgIpc) is 2.71. The third kappa shape index (κ3) is 3.55. The molecule has 1 saturated heterocycles. The van der Waals surface area contributed by atoms with Crippen molar-refractivity contribution in [1.29, 1.82) is 0 Å². The van der Waals surface area contributed by atoms with E-state index >= 15 is 0 Å². The molecule has 0 spiro atoms. The van der Waals surface area contributed by atoms with E-state index in [-0.39, 0.29) is 0 Å². The summed E-state index contributed by atoms with van der Waals surface area (Å²) in [5.74, 6) is 1.01. The maximum atomic E-state index is 5.76. The lowest BCUT2D eigenvalue weighted by molar-refractivity contribution is 0.212. The minimum Gasteiger partial charge on any atom is -0.397 e. The van der Waals surface area contributed by atoms with Crippen molar-refractivity contribution in [1.82, 2.24) is 9.88 Å².